The summed E-state index contributed by atoms with van der Waals surface area (Å²) in [7, 11) is 1.46. The first-order chi connectivity index (χ1) is 12.2. The van der Waals surface area contributed by atoms with Gasteiger partial charge in [0, 0.05) is 17.0 Å². The van der Waals surface area contributed by atoms with Gasteiger partial charge >= 0.3 is 5.97 Å². The lowest BCUT2D eigenvalue weighted by atomic mass is 9.51. The number of aromatic nitrogens is 1. The quantitative estimate of drug-likeness (QED) is 0.776. The highest BCUT2D eigenvalue weighted by Crippen LogP contribution is 2.59. The first-order valence-corrected chi connectivity index (χ1v) is 9.66. The predicted octanol–water partition coefficient (Wildman–Crippen LogP) is 4.49. The van der Waals surface area contributed by atoms with Crippen LogP contribution in [0.2, 0.25) is 0 Å². The maximum atomic E-state index is 11.9. The van der Waals surface area contributed by atoms with Gasteiger partial charge in [-0.15, -0.1) is 0 Å². The van der Waals surface area contributed by atoms with Gasteiger partial charge in [0.25, 0.3) is 0 Å². The SMILES string of the molecule is COC(=O)Cc1cc(C2C3CC4CC(C3)CC2C4)nc2ccccc12. The Hall–Kier alpha value is -1.90. The van der Waals surface area contributed by atoms with Crippen molar-refractivity contribution in [2.75, 3.05) is 7.11 Å². The molecule has 0 saturated heterocycles. The van der Waals surface area contributed by atoms with Gasteiger partial charge in [-0.1, -0.05) is 18.2 Å². The molecule has 0 spiro atoms. The van der Waals surface area contributed by atoms with Crippen LogP contribution >= 0.6 is 0 Å². The number of esters is 1. The Labute approximate surface area is 148 Å². The molecule has 0 radical (unpaired) electrons. The number of benzene rings is 1. The van der Waals surface area contributed by atoms with Gasteiger partial charge in [-0.3, -0.25) is 9.78 Å². The summed E-state index contributed by atoms with van der Waals surface area (Å²) in [6, 6.07) is 10.4. The minimum absolute atomic E-state index is 0.174. The van der Waals surface area contributed by atoms with E-state index in [4.69, 9.17) is 9.72 Å². The Morgan fingerprint density at radius 2 is 1.76 bits per heavy atom. The summed E-state index contributed by atoms with van der Waals surface area (Å²) in [5.41, 5.74) is 3.32. The van der Waals surface area contributed by atoms with Gasteiger partial charge in [-0.05, 0) is 73.5 Å². The van der Waals surface area contributed by atoms with Crippen LogP contribution in [0, 0.1) is 23.7 Å². The van der Waals surface area contributed by atoms with Crippen molar-refractivity contribution in [2.24, 2.45) is 23.7 Å². The van der Waals surface area contributed by atoms with Crippen molar-refractivity contribution in [3.63, 3.8) is 0 Å². The Balaban J connectivity index is 1.58. The molecule has 6 rings (SSSR count). The van der Waals surface area contributed by atoms with Gasteiger partial charge in [-0.2, -0.15) is 0 Å². The van der Waals surface area contributed by atoms with Crippen LogP contribution in [0.3, 0.4) is 0 Å². The third-order valence-electron chi connectivity index (χ3n) is 6.95. The van der Waals surface area contributed by atoms with Gasteiger partial charge in [-0.25, -0.2) is 0 Å². The van der Waals surface area contributed by atoms with Crippen molar-refractivity contribution in [1.29, 1.82) is 0 Å². The number of methoxy groups -OCH3 is 1. The van der Waals surface area contributed by atoms with E-state index in [0.29, 0.717) is 12.3 Å². The second-order valence-electron chi connectivity index (χ2n) is 8.43. The van der Waals surface area contributed by atoms with Crippen molar-refractivity contribution in [3.8, 4) is 0 Å². The average molecular weight is 335 g/mol. The fraction of sp³-hybridized carbons (Fsp3) is 0.545. The second kappa shape index (κ2) is 5.82. The summed E-state index contributed by atoms with van der Waals surface area (Å²) >= 11 is 0. The van der Waals surface area contributed by atoms with E-state index in [2.05, 4.69) is 18.2 Å². The Bertz CT molecular complexity index is 800. The molecule has 25 heavy (non-hydrogen) atoms. The minimum atomic E-state index is -0.174. The third kappa shape index (κ3) is 2.56. The maximum Gasteiger partial charge on any atom is 0.310 e. The average Bonchev–Trinajstić information content (AvgIpc) is 2.60. The summed E-state index contributed by atoms with van der Waals surface area (Å²) in [4.78, 5) is 17.0. The van der Waals surface area contributed by atoms with Crippen LogP contribution in [0.25, 0.3) is 10.9 Å². The van der Waals surface area contributed by atoms with Gasteiger partial charge in [0.1, 0.15) is 0 Å². The Morgan fingerprint density at radius 1 is 1.08 bits per heavy atom. The van der Waals surface area contributed by atoms with Crippen LogP contribution < -0.4 is 0 Å². The molecule has 4 saturated carbocycles. The highest BCUT2D eigenvalue weighted by molar-refractivity contribution is 5.86. The summed E-state index contributed by atoms with van der Waals surface area (Å²) in [6.45, 7) is 0. The largest absolute Gasteiger partial charge is 0.469 e. The number of ether oxygens (including phenoxy) is 1. The molecule has 0 atom stereocenters. The zero-order chi connectivity index (χ0) is 17.0. The van der Waals surface area contributed by atoms with E-state index < -0.39 is 0 Å². The lowest BCUT2D eigenvalue weighted by molar-refractivity contribution is -0.139. The smallest absolute Gasteiger partial charge is 0.310 e. The summed E-state index contributed by atoms with van der Waals surface area (Å²) < 4.78 is 4.92. The molecule has 0 amide bonds. The normalized spacial score (nSPS) is 32.9. The van der Waals surface area contributed by atoms with Gasteiger partial charge in [0.15, 0.2) is 0 Å². The molecule has 4 fully saturated rings. The standard InChI is InChI=1S/C22H25NO2/c1-25-21(24)12-15-11-20(23-19-5-3-2-4-18(15)19)22-16-7-13-6-14(9-16)10-17(22)8-13/h2-5,11,13-14,16-17,22H,6-10,12H2,1H3. The lowest BCUT2D eigenvalue weighted by Gasteiger charge is -2.54. The molecule has 1 heterocycles. The molecule has 130 valence electrons. The summed E-state index contributed by atoms with van der Waals surface area (Å²) in [5.74, 6) is 3.95. The van der Waals surface area contributed by atoms with E-state index in [1.54, 1.807) is 0 Å². The molecular weight excluding hydrogens is 310 g/mol. The number of fused-ring (bicyclic) bond motifs is 1. The van der Waals surface area contributed by atoms with Crippen molar-refractivity contribution < 1.29 is 9.53 Å². The van der Waals surface area contributed by atoms with Gasteiger partial charge in [0.05, 0.1) is 19.0 Å². The minimum Gasteiger partial charge on any atom is -0.469 e. The molecule has 0 N–H and O–H groups in total. The number of nitrogens with zero attached hydrogens (tertiary/aromatic N) is 1. The molecule has 0 unspecified atom stereocenters. The molecule has 1 aromatic carbocycles. The second-order valence-corrected chi connectivity index (χ2v) is 8.43. The number of carbonyl (C=O) groups excluding carboxylic acids is 1. The zero-order valence-corrected chi connectivity index (χ0v) is 14.8. The zero-order valence-electron chi connectivity index (χ0n) is 14.8. The lowest BCUT2D eigenvalue weighted by Crippen LogP contribution is -2.44. The Morgan fingerprint density at radius 3 is 2.44 bits per heavy atom. The third-order valence-corrected chi connectivity index (χ3v) is 6.95. The van der Waals surface area contributed by atoms with Crippen LogP contribution in [0.5, 0.6) is 0 Å². The molecule has 4 aliphatic carbocycles. The number of rotatable bonds is 3. The number of hydrogen-bond acceptors (Lipinski definition) is 3. The molecule has 4 bridgehead atoms. The molecular formula is C22H25NO2. The van der Waals surface area contributed by atoms with E-state index >= 15 is 0 Å². The number of pyridine rings is 1. The van der Waals surface area contributed by atoms with Crippen LogP contribution in [0.15, 0.2) is 30.3 Å². The molecule has 3 nitrogen and oxygen atoms in total. The number of carbonyl (C=O) groups is 1. The van der Waals surface area contributed by atoms with Crippen LogP contribution in [-0.4, -0.2) is 18.1 Å². The fourth-order valence-electron chi connectivity index (χ4n) is 6.22. The van der Waals surface area contributed by atoms with Crippen molar-refractivity contribution in [2.45, 2.75) is 44.4 Å². The maximum absolute atomic E-state index is 11.9. The van der Waals surface area contributed by atoms with E-state index in [-0.39, 0.29) is 5.97 Å². The van der Waals surface area contributed by atoms with Crippen LogP contribution in [0.1, 0.15) is 49.3 Å². The predicted molar refractivity (Wildman–Crippen MR) is 97.2 cm³/mol. The first-order valence-electron chi connectivity index (χ1n) is 9.66. The highest BCUT2D eigenvalue weighted by atomic mass is 16.5. The van der Waals surface area contributed by atoms with Gasteiger partial charge in [0.2, 0.25) is 0 Å². The summed E-state index contributed by atoms with van der Waals surface area (Å²) in [5, 5.41) is 1.08. The Kier molecular flexibility index (Phi) is 3.58. The number of para-hydroxylation sites is 1. The van der Waals surface area contributed by atoms with E-state index in [1.807, 2.05) is 12.1 Å². The summed E-state index contributed by atoms with van der Waals surface area (Å²) in [6.07, 6.45) is 7.35. The van der Waals surface area contributed by atoms with Crippen LogP contribution in [0.4, 0.5) is 0 Å². The molecule has 2 aromatic rings. The van der Waals surface area contributed by atoms with Crippen LogP contribution in [-0.2, 0) is 16.0 Å². The van der Waals surface area contributed by atoms with E-state index in [1.165, 1.54) is 44.9 Å². The molecule has 3 heteroatoms. The molecule has 0 aliphatic heterocycles. The van der Waals surface area contributed by atoms with Gasteiger partial charge < -0.3 is 4.74 Å². The fourth-order valence-corrected chi connectivity index (χ4v) is 6.22. The van der Waals surface area contributed by atoms with Crippen molar-refractivity contribution in [1.82, 2.24) is 4.98 Å². The monoisotopic (exact) mass is 335 g/mol. The number of hydrogen-bond donors (Lipinski definition) is 0. The first kappa shape index (κ1) is 15.4. The van der Waals surface area contributed by atoms with E-state index in [9.17, 15) is 4.79 Å². The topological polar surface area (TPSA) is 39.2 Å². The molecule has 4 aliphatic rings. The van der Waals surface area contributed by atoms with E-state index in [0.717, 1.165) is 40.1 Å². The van der Waals surface area contributed by atoms with Crippen molar-refractivity contribution in [3.05, 3.63) is 41.6 Å². The molecule has 1 aromatic heterocycles. The highest BCUT2D eigenvalue weighted by Gasteiger charge is 2.49. The van der Waals surface area contributed by atoms with Crippen molar-refractivity contribution >= 4 is 16.9 Å².